The van der Waals surface area contributed by atoms with E-state index in [1.54, 1.807) is 11.3 Å². The summed E-state index contributed by atoms with van der Waals surface area (Å²) in [6.45, 7) is 5.97. The van der Waals surface area contributed by atoms with Crippen LogP contribution < -0.4 is 16.4 Å². The fourth-order valence-electron chi connectivity index (χ4n) is 1.67. The molecular formula is C13H18N4OS2. The van der Waals surface area contributed by atoms with E-state index in [1.807, 2.05) is 37.6 Å². The van der Waals surface area contributed by atoms with Crippen LogP contribution in [0.5, 0.6) is 0 Å². The Kier molecular flexibility index (Phi) is 4.61. The van der Waals surface area contributed by atoms with E-state index in [1.165, 1.54) is 11.3 Å². The van der Waals surface area contributed by atoms with E-state index in [4.69, 9.17) is 5.73 Å². The summed E-state index contributed by atoms with van der Waals surface area (Å²) in [6, 6.07) is 2.20. The van der Waals surface area contributed by atoms with Crippen molar-refractivity contribution in [2.24, 2.45) is 0 Å². The summed E-state index contributed by atoms with van der Waals surface area (Å²) in [6.07, 6.45) is 0. The van der Waals surface area contributed by atoms with Gasteiger partial charge in [-0.1, -0.05) is 11.3 Å². The van der Waals surface area contributed by atoms with Crippen LogP contribution in [0, 0.1) is 0 Å². The number of thiazole rings is 1. The van der Waals surface area contributed by atoms with Gasteiger partial charge in [0.2, 0.25) is 0 Å². The lowest BCUT2D eigenvalue weighted by atomic mass is 10.2. The van der Waals surface area contributed by atoms with E-state index in [0.29, 0.717) is 10.0 Å². The first-order valence-corrected chi connectivity index (χ1v) is 8.09. The van der Waals surface area contributed by atoms with Gasteiger partial charge in [-0.15, -0.1) is 0 Å². The van der Waals surface area contributed by atoms with Crippen LogP contribution in [0.15, 0.2) is 16.8 Å². The van der Waals surface area contributed by atoms with Crippen LogP contribution in [0.4, 0.5) is 10.9 Å². The van der Waals surface area contributed by atoms with Crippen molar-refractivity contribution >= 4 is 39.5 Å². The molecule has 0 saturated carbocycles. The fraction of sp³-hybridized carbons (Fsp3) is 0.385. The van der Waals surface area contributed by atoms with Gasteiger partial charge in [0, 0.05) is 6.04 Å². The molecule has 0 saturated heterocycles. The van der Waals surface area contributed by atoms with E-state index < -0.39 is 0 Å². The quantitative estimate of drug-likeness (QED) is 0.793. The van der Waals surface area contributed by atoms with E-state index >= 15 is 0 Å². The fourth-order valence-corrected chi connectivity index (χ4v) is 3.36. The molecule has 0 spiro atoms. The molecule has 5 nitrogen and oxygen atoms in total. The van der Waals surface area contributed by atoms with Crippen LogP contribution in [0.3, 0.4) is 0 Å². The topological polar surface area (TPSA) is 80.0 Å². The lowest BCUT2D eigenvalue weighted by Crippen LogP contribution is -2.26. The molecule has 0 radical (unpaired) electrons. The van der Waals surface area contributed by atoms with Gasteiger partial charge >= 0.3 is 0 Å². The zero-order valence-corrected chi connectivity index (χ0v) is 13.3. The Balaban J connectivity index is 2.07. The molecule has 0 aliphatic rings. The van der Waals surface area contributed by atoms with Gasteiger partial charge in [-0.25, -0.2) is 4.98 Å². The van der Waals surface area contributed by atoms with Crippen molar-refractivity contribution in [2.45, 2.75) is 32.9 Å². The van der Waals surface area contributed by atoms with E-state index in [0.717, 1.165) is 5.56 Å². The predicted molar refractivity (Wildman–Crippen MR) is 85.5 cm³/mol. The molecule has 0 aliphatic heterocycles. The van der Waals surface area contributed by atoms with Gasteiger partial charge in [0.25, 0.3) is 5.91 Å². The normalized spacial score (nSPS) is 12.4. The van der Waals surface area contributed by atoms with Crippen LogP contribution in [-0.2, 0) is 0 Å². The summed E-state index contributed by atoms with van der Waals surface area (Å²) in [5, 5.41) is 10.8. The van der Waals surface area contributed by atoms with Crippen molar-refractivity contribution < 1.29 is 4.79 Å². The minimum absolute atomic E-state index is 0.0447. The highest BCUT2D eigenvalue weighted by molar-refractivity contribution is 7.18. The summed E-state index contributed by atoms with van der Waals surface area (Å²) in [4.78, 5) is 16.8. The number of anilines is 2. The number of thiophene rings is 1. The number of rotatable bonds is 5. The molecule has 0 bridgehead atoms. The van der Waals surface area contributed by atoms with Crippen molar-refractivity contribution in [1.29, 1.82) is 0 Å². The number of aromatic nitrogens is 1. The standard InChI is InChI=1S/C13H18N4OS2/c1-7(2)15-13-17-11(14)10(20-13)12(18)16-8(3)9-4-5-19-6-9/h4-8H,14H2,1-3H3,(H,15,17)(H,16,18). The van der Waals surface area contributed by atoms with Crippen molar-refractivity contribution in [3.05, 3.63) is 27.3 Å². The molecule has 0 aromatic carbocycles. The van der Waals surface area contributed by atoms with Gasteiger partial charge in [0.15, 0.2) is 5.13 Å². The van der Waals surface area contributed by atoms with Crippen molar-refractivity contribution in [3.8, 4) is 0 Å². The van der Waals surface area contributed by atoms with Crippen LogP contribution in [-0.4, -0.2) is 16.9 Å². The number of hydrogen-bond acceptors (Lipinski definition) is 6. The first kappa shape index (κ1) is 14.8. The number of nitrogen functional groups attached to an aromatic ring is 1. The Labute approximate surface area is 126 Å². The van der Waals surface area contributed by atoms with Crippen molar-refractivity contribution in [2.75, 3.05) is 11.1 Å². The predicted octanol–water partition coefficient (Wildman–Crippen LogP) is 3.10. The van der Waals surface area contributed by atoms with Gasteiger partial charge in [-0.05, 0) is 43.2 Å². The summed E-state index contributed by atoms with van der Waals surface area (Å²) in [5.41, 5.74) is 6.90. The van der Waals surface area contributed by atoms with E-state index in [2.05, 4.69) is 15.6 Å². The maximum absolute atomic E-state index is 12.2. The Bertz CT molecular complexity index is 577. The number of nitrogens with one attached hydrogen (secondary N) is 2. The lowest BCUT2D eigenvalue weighted by Gasteiger charge is -2.11. The molecular weight excluding hydrogens is 292 g/mol. The molecule has 108 valence electrons. The molecule has 0 aliphatic carbocycles. The highest BCUT2D eigenvalue weighted by Crippen LogP contribution is 2.26. The summed E-state index contributed by atoms with van der Waals surface area (Å²) in [5.74, 6) is 0.0867. The number of nitrogens with two attached hydrogens (primary N) is 1. The maximum atomic E-state index is 12.2. The Morgan fingerprint density at radius 2 is 2.15 bits per heavy atom. The monoisotopic (exact) mass is 310 g/mol. The smallest absolute Gasteiger partial charge is 0.265 e. The van der Waals surface area contributed by atoms with Crippen LogP contribution in [0.1, 0.15) is 42.0 Å². The van der Waals surface area contributed by atoms with Gasteiger partial charge in [-0.3, -0.25) is 4.79 Å². The molecule has 1 unspecified atom stereocenters. The third-order valence-electron chi connectivity index (χ3n) is 2.66. The van der Waals surface area contributed by atoms with Gasteiger partial charge in [0.05, 0.1) is 6.04 Å². The molecule has 4 N–H and O–H groups in total. The average molecular weight is 310 g/mol. The highest BCUT2D eigenvalue weighted by Gasteiger charge is 2.18. The second-order valence-corrected chi connectivity index (χ2v) is 6.56. The van der Waals surface area contributed by atoms with Gasteiger partial charge < -0.3 is 16.4 Å². The molecule has 0 fully saturated rings. The first-order chi connectivity index (χ1) is 9.47. The first-order valence-electron chi connectivity index (χ1n) is 6.33. The number of carbonyl (C=O) groups excluding carboxylic acids is 1. The van der Waals surface area contributed by atoms with Crippen molar-refractivity contribution in [3.63, 3.8) is 0 Å². The van der Waals surface area contributed by atoms with Crippen LogP contribution in [0.2, 0.25) is 0 Å². The maximum Gasteiger partial charge on any atom is 0.265 e. The molecule has 2 aromatic heterocycles. The average Bonchev–Trinajstić information content (AvgIpc) is 2.97. The zero-order valence-electron chi connectivity index (χ0n) is 11.6. The third kappa shape index (κ3) is 3.49. The van der Waals surface area contributed by atoms with Crippen LogP contribution >= 0.6 is 22.7 Å². The summed E-state index contributed by atoms with van der Waals surface area (Å²) < 4.78 is 0. The number of nitrogens with zero attached hydrogens (tertiary/aromatic N) is 1. The SMILES string of the molecule is CC(C)Nc1nc(N)c(C(=O)NC(C)c2ccsc2)s1. The molecule has 2 rings (SSSR count). The minimum Gasteiger partial charge on any atom is -0.382 e. The number of carbonyl (C=O) groups is 1. The van der Waals surface area contributed by atoms with Crippen LogP contribution in [0.25, 0.3) is 0 Å². The van der Waals surface area contributed by atoms with E-state index in [-0.39, 0.29) is 23.8 Å². The second-order valence-electron chi connectivity index (χ2n) is 4.78. The largest absolute Gasteiger partial charge is 0.382 e. The Morgan fingerprint density at radius 1 is 1.40 bits per heavy atom. The molecule has 1 amide bonds. The summed E-state index contributed by atoms with van der Waals surface area (Å²) >= 11 is 2.89. The molecule has 20 heavy (non-hydrogen) atoms. The Hall–Kier alpha value is -1.60. The minimum atomic E-state index is -0.185. The zero-order chi connectivity index (χ0) is 14.7. The highest BCUT2D eigenvalue weighted by atomic mass is 32.1. The number of amides is 1. The molecule has 2 heterocycles. The van der Waals surface area contributed by atoms with Gasteiger partial charge in [0.1, 0.15) is 10.7 Å². The third-order valence-corrected chi connectivity index (χ3v) is 4.37. The van der Waals surface area contributed by atoms with Gasteiger partial charge in [-0.2, -0.15) is 11.3 Å². The van der Waals surface area contributed by atoms with E-state index in [9.17, 15) is 4.79 Å². The lowest BCUT2D eigenvalue weighted by molar-refractivity contribution is 0.0944. The molecule has 2 aromatic rings. The number of hydrogen-bond donors (Lipinski definition) is 3. The molecule has 1 atom stereocenters. The van der Waals surface area contributed by atoms with Crippen molar-refractivity contribution in [1.82, 2.24) is 10.3 Å². The Morgan fingerprint density at radius 3 is 2.75 bits per heavy atom. The summed E-state index contributed by atoms with van der Waals surface area (Å²) in [7, 11) is 0. The molecule has 7 heteroatoms. The second kappa shape index (κ2) is 6.23.